The molecule has 0 rings (SSSR count). The van der Waals surface area contributed by atoms with E-state index in [1.807, 2.05) is 13.8 Å². The summed E-state index contributed by atoms with van der Waals surface area (Å²) in [6, 6.07) is 0. The molecule has 7 nitrogen and oxygen atoms in total. The lowest BCUT2D eigenvalue weighted by Gasteiger charge is -2.18. The first-order valence-electron chi connectivity index (χ1n) is 5.93. The average Bonchev–Trinajstić information content (AvgIpc) is 2.27. The van der Waals surface area contributed by atoms with Crippen molar-refractivity contribution in [3.63, 3.8) is 0 Å². The van der Waals surface area contributed by atoms with Crippen molar-refractivity contribution in [2.24, 2.45) is 28.5 Å². The van der Waals surface area contributed by atoms with E-state index in [4.69, 9.17) is 16.7 Å². The van der Waals surface area contributed by atoms with Gasteiger partial charge < -0.3 is 22.0 Å². The van der Waals surface area contributed by atoms with E-state index < -0.39 is 5.92 Å². The Labute approximate surface area is 107 Å². The number of carbonyl (C=O) groups excluding carboxylic acids is 2. The molecule has 0 aromatic carbocycles. The Morgan fingerprint density at radius 1 is 1.28 bits per heavy atom. The zero-order valence-corrected chi connectivity index (χ0v) is 10.8. The van der Waals surface area contributed by atoms with Crippen LogP contribution in [-0.4, -0.2) is 29.4 Å². The molecule has 0 saturated heterocycles. The number of nitrogens with zero attached hydrogens (tertiary/aromatic N) is 1. The molecule has 0 aromatic heterocycles. The molecule has 7 heteroatoms. The maximum absolute atomic E-state index is 11.8. The van der Waals surface area contributed by atoms with E-state index in [2.05, 4.69) is 10.5 Å². The summed E-state index contributed by atoms with van der Waals surface area (Å²) in [7, 11) is 0. The maximum atomic E-state index is 11.8. The second kappa shape index (κ2) is 8.32. The van der Waals surface area contributed by atoms with E-state index in [0.29, 0.717) is 25.8 Å². The first-order valence-corrected chi connectivity index (χ1v) is 5.93. The number of hydrogen-bond acceptors (Lipinski definition) is 4. The average molecular weight is 258 g/mol. The normalized spacial score (nSPS) is 13.4. The summed E-state index contributed by atoms with van der Waals surface area (Å²) in [5, 5.41) is 14.2. The highest BCUT2D eigenvalue weighted by Gasteiger charge is 2.26. The van der Waals surface area contributed by atoms with E-state index in [1.165, 1.54) is 0 Å². The molecule has 0 aliphatic carbocycles. The van der Waals surface area contributed by atoms with Gasteiger partial charge in [0.25, 0.3) is 0 Å². The molecule has 6 N–H and O–H groups in total. The highest BCUT2D eigenvalue weighted by molar-refractivity contribution is 6.02. The van der Waals surface area contributed by atoms with Crippen LogP contribution in [0.15, 0.2) is 5.16 Å². The summed E-state index contributed by atoms with van der Waals surface area (Å²) >= 11 is 0. The van der Waals surface area contributed by atoms with Crippen LogP contribution in [0.5, 0.6) is 0 Å². The van der Waals surface area contributed by atoms with E-state index in [-0.39, 0.29) is 23.6 Å². The summed E-state index contributed by atoms with van der Waals surface area (Å²) < 4.78 is 0. The molecule has 1 unspecified atom stereocenters. The molecule has 1 atom stereocenters. The molecule has 0 fully saturated rings. The van der Waals surface area contributed by atoms with Crippen LogP contribution in [0.1, 0.15) is 33.1 Å². The van der Waals surface area contributed by atoms with Gasteiger partial charge in [0.05, 0.1) is 0 Å². The van der Waals surface area contributed by atoms with Crippen LogP contribution < -0.4 is 16.8 Å². The largest absolute Gasteiger partial charge is 0.409 e. The zero-order valence-electron chi connectivity index (χ0n) is 10.8. The Kier molecular flexibility index (Phi) is 7.50. The fourth-order valence-corrected chi connectivity index (χ4v) is 1.59. The third-order valence-electron chi connectivity index (χ3n) is 2.53. The minimum absolute atomic E-state index is 0.0634. The van der Waals surface area contributed by atoms with Crippen molar-refractivity contribution in [2.75, 3.05) is 6.54 Å². The molecule has 104 valence electrons. The molecule has 2 amide bonds. The van der Waals surface area contributed by atoms with Crippen LogP contribution in [0.4, 0.5) is 0 Å². The van der Waals surface area contributed by atoms with E-state index in [0.717, 1.165) is 0 Å². The Morgan fingerprint density at radius 3 is 2.33 bits per heavy atom. The van der Waals surface area contributed by atoms with Crippen molar-refractivity contribution in [1.29, 1.82) is 0 Å². The minimum atomic E-state index is -0.647. The SMILES string of the molecule is CC(C)C(C(=O)NCCCCC(N)=O)C(N)=NO. The molecule has 0 heterocycles. The van der Waals surface area contributed by atoms with Gasteiger partial charge >= 0.3 is 0 Å². The summed E-state index contributed by atoms with van der Waals surface area (Å²) in [5.74, 6) is -1.44. The van der Waals surface area contributed by atoms with Crippen molar-refractivity contribution >= 4 is 17.6 Å². The molecule has 18 heavy (non-hydrogen) atoms. The number of nitrogens with one attached hydrogen (secondary N) is 1. The highest BCUT2D eigenvalue weighted by Crippen LogP contribution is 2.11. The van der Waals surface area contributed by atoms with Crippen molar-refractivity contribution in [3.05, 3.63) is 0 Å². The lowest BCUT2D eigenvalue weighted by atomic mass is 9.94. The van der Waals surface area contributed by atoms with Crippen LogP contribution in [0, 0.1) is 11.8 Å². The topological polar surface area (TPSA) is 131 Å². The van der Waals surface area contributed by atoms with Gasteiger partial charge in [-0.2, -0.15) is 0 Å². The fourth-order valence-electron chi connectivity index (χ4n) is 1.59. The Balaban J connectivity index is 4.09. The number of hydrogen-bond donors (Lipinski definition) is 4. The monoisotopic (exact) mass is 258 g/mol. The first kappa shape index (κ1) is 16.2. The number of nitrogens with two attached hydrogens (primary N) is 2. The van der Waals surface area contributed by atoms with Crippen LogP contribution in [0.25, 0.3) is 0 Å². The van der Waals surface area contributed by atoms with Crippen LogP contribution in [-0.2, 0) is 9.59 Å². The summed E-state index contributed by atoms with van der Waals surface area (Å²) in [6.07, 6.45) is 1.60. The van der Waals surface area contributed by atoms with Gasteiger partial charge in [-0.15, -0.1) is 0 Å². The first-order chi connectivity index (χ1) is 8.40. The van der Waals surface area contributed by atoms with Crippen molar-refractivity contribution in [1.82, 2.24) is 5.32 Å². The van der Waals surface area contributed by atoms with Crippen molar-refractivity contribution in [3.8, 4) is 0 Å². The van der Waals surface area contributed by atoms with Gasteiger partial charge in [0.1, 0.15) is 5.92 Å². The van der Waals surface area contributed by atoms with Gasteiger partial charge in [0.2, 0.25) is 11.8 Å². The number of carbonyl (C=O) groups is 2. The zero-order chi connectivity index (χ0) is 14.1. The molecule has 0 aliphatic heterocycles. The van der Waals surface area contributed by atoms with Gasteiger partial charge in [0.15, 0.2) is 5.84 Å². The third kappa shape index (κ3) is 6.07. The lowest BCUT2D eigenvalue weighted by molar-refractivity contribution is -0.124. The maximum Gasteiger partial charge on any atom is 0.231 e. The molecule has 0 radical (unpaired) electrons. The predicted octanol–water partition coefficient (Wildman–Crippen LogP) is -0.223. The van der Waals surface area contributed by atoms with Gasteiger partial charge in [-0.3, -0.25) is 9.59 Å². The lowest BCUT2D eigenvalue weighted by Crippen LogP contribution is -2.42. The van der Waals surface area contributed by atoms with Crippen LogP contribution in [0.3, 0.4) is 0 Å². The Morgan fingerprint density at radius 2 is 1.89 bits per heavy atom. The summed E-state index contributed by atoms with van der Waals surface area (Å²) in [6.45, 7) is 4.07. The number of amidine groups is 1. The van der Waals surface area contributed by atoms with Gasteiger partial charge in [-0.1, -0.05) is 19.0 Å². The predicted molar refractivity (Wildman–Crippen MR) is 67.8 cm³/mol. The minimum Gasteiger partial charge on any atom is -0.409 e. The summed E-state index contributed by atoms with van der Waals surface area (Å²) in [5.41, 5.74) is 10.5. The third-order valence-corrected chi connectivity index (χ3v) is 2.53. The van der Waals surface area contributed by atoms with Crippen molar-refractivity contribution < 1.29 is 14.8 Å². The van der Waals surface area contributed by atoms with E-state index >= 15 is 0 Å². The van der Waals surface area contributed by atoms with E-state index in [9.17, 15) is 9.59 Å². The van der Waals surface area contributed by atoms with Crippen molar-refractivity contribution in [2.45, 2.75) is 33.1 Å². The number of amides is 2. The standard InChI is InChI=1S/C11H22N4O3/c1-7(2)9(10(13)15-18)11(17)14-6-4-3-5-8(12)16/h7,9,18H,3-6H2,1-2H3,(H2,12,16)(H2,13,15)(H,14,17). The number of unbranched alkanes of at least 4 members (excludes halogenated alkanes) is 1. The number of rotatable bonds is 8. The Bertz CT molecular complexity index is 315. The molecule has 0 aliphatic rings. The second-order valence-corrected chi connectivity index (χ2v) is 4.46. The molecular weight excluding hydrogens is 236 g/mol. The van der Waals surface area contributed by atoms with Crippen LogP contribution in [0.2, 0.25) is 0 Å². The van der Waals surface area contributed by atoms with Gasteiger partial charge in [0, 0.05) is 13.0 Å². The quantitative estimate of drug-likeness (QED) is 0.157. The number of primary amides is 1. The molecule has 0 spiro atoms. The fraction of sp³-hybridized carbons (Fsp3) is 0.727. The molecular formula is C11H22N4O3. The molecule has 0 bridgehead atoms. The smallest absolute Gasteiger partial charge is 0.231 e. The van der Waals surface area contributed by atoms with E-state index in [1.54, 1.807) is 0 Å². The highest BCUT2D eigenvalue weighted by atomic mass is 16.4. The number of oxime groups is 1. The molecule has 0 aromatic rings. The van der Waals surface area contributed by atoms with Gasteiger partial charge in [-0.05, 0) is 18.8 Å². The summed E-state index contributed by atoms with van der Waals surface area (Å²) in [4.78, 5) is 22.3. The van der Waals surface area contributed by atoms with Gasteiger partial charge in [-0.25, -0.2) is 0 Å². The second-order valence-electron chi connectivity index (χ2n) is 4.46. The molecule has 0 saturated carbocycles. The Hall–Kier alpha value is -1.79. The van der Waals surface area contributed by atoms with Crippen LogP contribution >= 0.6 is 0 Å².